The van der Waals surface area contributed by atoms with Crippen LogP contribution < -0.4 is 5.32 Å². The summed E-state index contributed by atoms with van der Waals surface area (Å²) in [6.07, 6.45) is 6.73. The number of fused-ring (bicyclic) bond motifs is 1. The predicted molar refractivity (Wildman–Crippen MR) is 74.9 cm³/mol. The Kier molecular flexibility index (Phi) is 3.02. The van der Waals surface area contributed by atoms with Crippen LogP contribution in [0.25, 0.3) is 10.2 Å². The Balaban J connectivity index is 1.80. The lowest BCUT2D eigenvalue weighted by Gasteiger charge is -2.22. The van der Waals surface area contributed by atoms with Gasteiger partial charge in [-0.15, -0.1) is 0 Å². The van der Waals surface area contributed by atoms with Crippen LogP contribution >= 0.6 is 11.3 Å². The summed E-state index contributed by atoms with van der Waals surface area (Å²) in [6, 6.07) is 7.14. The molecule has 1 aliphatic rings. The van der Waals surface area contributed by atoms with E-state index in [1.807, 2.05) is 0 Å². The Labute approximate surface area is 106 Å². The molecule has 0 amide bonds. The molecule has 1 aromatic carbocycles. The largest absolute Gasteiger partial charge is 0.359 e. The van der Waals surface area contributed by atoms with Gasteiger partial charge >= 0.3 is 0 Å². The molecule has 0 unspecified atom stereocenters. The molecule has 2 nitrogen and oxygen atoms in total. The van der Waals surface area contributed by atoms with Crippen molar-refractivity contribution in [2.45, 2.75) is 45.1 Å². The fraction of sp³-hybridized carbons (Fsp3) is 0.500. The lowest BCUT2D eigenvalue weighted by atomic mass is 9.96. The topological polar surface area (TPSA) is 24.9 Å². The molecule has 90 valence electrons. The Morgan fingerprint density at radius 2 is 2.06 bits per heavy atom. The molecule has 0 radical (unpaired) electrons. The van der Waals surface area contributed by atoms with Crippen LogP contribution in [0.15, 0.2) is 18.2 Å². The van der Waals surface area contributed by atoms with Crippen LogP contribution in [0.3, 0.4) is 0 Å². The van der Waals surface area contributed by atoms with Gasteiger partial charge in [0, 0.05) is 6.04 Å². The molecule has 0 saturated heterocycles. The van der Waals surface area contributed by atoms with Crippen LogP contribution in [0.1, 0.15) is 37.7 Å². The van der Waals surface area contributed by atoms with Gasteiger partial charge in [-0.2, -0.15) is 0 Å². The minimum Gasteiger partial charge on any atom is -0.359 e. The molecule has 1 saturated carbocycles. The highest BCUT2D eigenvalue weighted by molar-refractivity contribution is 7.22. The number of hydrogen-bond donors (Lipinski definition) is 1. The van der Waals surface area contributed by atoms with Gasteiger partial charge < -0.3 is 5.32 Å². The summed E-state index contributed by atoms with van der Waals surface area (Å²) in [5.41, 5.74) is 2.42. The highest BCUT2D eigenvalue weighted by atomic mass is 32.1. The lowest BCUT2D eigenvalue weighted by Crippen LogP contribution is -2.21. The van der Waals surface area contributed by atoms with Gasteiger partial charge in [-0.3, -0.25) is 0 Å². The maximum atomic E-state index is 4.68. The maximum Gasteiger partial charge on any atom is 0.184 e. The molecule has 3 heteroatoms. The molecule has 1 heterocycles. The van der Waals surface area contributed by atoms with Gasteiger partial charge in [0.1, 0.15) is 0 Å². The Hall–Kier alpha value is -1.09. The number of anilines is 1. The Bertz CT molecular complexity index is 512. The number of nitrogens with one attached hydrogen (secondary N) is 1. The number of hydrogen-bond acceptors (Lipinski definition) is 3. The smallest absolute Gasteiger partial charge is 0.184 e. The molecular weight excluding hydrogens is 228 g/mol. The van der Waals surface area contributed by atoms with Gasteiger partial charge in [0.05, 0.1) is 10.2 Å². The normalized spacial score (nSPS) is 17.5. The second-order valence-corrected chi connectivity index (χ2v) is 6.00. The minimum atomic E-state index is 0.644. The van der Waals surface area contributed by atoms with Gasteiger partial charge in [0.25, 0.3) is 0 Å². The second kappa shape index (κ2) is 4.65. The maximum absolute atomic E-state index is 4.68. The molecule has 1 N–H and O–H groups in total. The van der Waals surface area contributed by atoms with Crippen molar-refractivity contribution in [3.05, 3.63) is 23.8 Å². The van der Waals surface area contributed by atoms with Gasteiger partial charge in [-0.05, 0) is 37.5 Å². The van der Waals surface area contributed by atoms with Crippen molar-refractivity contribution in [1.82, 2.24) is 4.98 Å². The van der Waals surface area contributed by atoms with E-state index in [1.54, 1.807) is 11.3 Å². The summed E-state index contributed by atoms with van der Waals surface area (Å²) < 4.78 is 1.29. The standard InChI is InChI=1S/C14H18N2S/c1-10-7-8-13-12(9-10)16-14(17-13)15-11-5-3-2-4-6-11/h7-9,11H,2-6H2,1H3,(H,15,16). The van der Waals surface area contributed by atoms with Crippen LogP contribution in [0.5, 0.6) is 0 Å². The average Bonchev–Trinajstić information content (AvgIpc) is 2.71. The summed E-state index contributed by atoms with van der Waals surface area (Å²) in [6.45, 7) is 2.12. The SMILES string of the molecule is Cc1ccc2sc(NC3CCCCC3)nc2c1. The molecule has 1 aliphatic carbocycles. The van der Waals surface area contributed by atoms with Gasteiger partial charge in [0.2, 0.25) is 0 Å². The first-order chi connectivity index (χ1) is 8.31. The third-order valence-corrected chi connectivity index (χ3v) is 4.44. The van der Waals surface area contributed by atoms with Crippen molar-refractivity contribution < 1.29 is 0 Å². The number of thiazole rings is 1. The van der Waals surface area contributed by atoms with E-state index in [1.165, 1.54) is 42.4 Å². The zero-order chi connectivity index (χ0) is 11.7. The van der Waals surface area contributed by atoms with Gasteiger partial charge in [0.15, 0.2) is 5.13 Å². The fourth-order valence-corrected chi connectivity index (χ4v) is 3.44. The highest BCUT2D eigenvalue weighted by Crippen LogP contribution is 2.29. The molecule has 0 aliphatic heterocycles. The van der Waals surface area contributed by atoms with Gasteiger partial charge in [-0.1, -0.05) is 36.7 Å². The molecule has 0 bridgehead atoms. The van der Waals surface area contributed by atoms with E-state index in [2.05, 4.69) is 35.4 Å². The molecule has 1 fully saturated rings. The van der Waals surface area contributed by atoms with E-state index in [4.69, 9.17) is 0 Å². The number of aromatic nitrogens is 1. The number of nitrogens with zero attached hydrogens (tertiary/aromatic N) is 1. The molecule has 3 rings (SSSR count). The molecular formula is C14H18N2S. The van der Waals surface area contributed by atoms with Crippen LogP contribution in [0.4, 0.5) is 5.13 Å². The fourth-order valence-electron chi connectivity index (χ4n) is 2.52. The average molecular weight is 246 g/mol. The molecule has 0 spiro atoms. The second-order valence-electron chi connectivity index (χ2n) is 4.97. The number of rotatable bonds is 2. The number of benzene rings is 1. The van der Waals surface area contributed by atoms with Crippen LogP contribution in [0.2, 0.25) is 0 Å². The van der Waals surface area contributed by atoms with Gasteiger partial charge in [-0.25, -0.2) is 4.98 Å². The summed E-state index contributed by atoms with van der Waals surface area (Å²) >= 11 is 1.78. The summed E-state index contributed by atoms with van der Waals surface area (Å²) in [5, 5.41) is 4.69. The zero-order valence-corrected chi connectivity index (χ0v) is 11.0. The van der Waals surface area contributed by atoms with Crippen molar-refractivity contribution in [2.24, 2.45) is 0 Å². The first-order valence-corrected chi connectivity index (χ1v) is 7.27. The van der Waals surface area contributed by atoms with E-state index in [0.29, 0.717) is 6.04 Å². The summed E-state index contributed by atoms with van der Waals surface area (Å²) in [5.74, 6) is 0. The van der Waals surface area contributed by atoms with E-state index in [-0.39, 0.29) is 0 Å². The van der Waals surface area contributed by atoms with Crippen LogP contribution in [0, 0.1) is 6.92 Å². The summed E-state index contributed by atoms with van der Waals surface area (Å²) in [7, 11) is 0. The minimum absolute atomic E-state index is 0.644. The molecule has 2 aromatic rings. The zero-order valence-electron chi connectivity index (χ0n) is 10.2. The molecule has 0 atom stereocenters. The molecule has 17 heavy (non-hydrogen) atoms. The highest BCUT2D eigenvalue weighted by Gasteiger charge is 2.14. The predicted octanol–water partition coefficient (Wildman–Crippen LogP) is 4.35. The molecule has 1 aromatic heterocycles. The van der Waals surface area contributed by atoms with Crippen LogP contribution in [-0.4, -0.2) is 11.0 Å². The first kappa shape index (κ1) is 11.0. The Morgan fingerprint density at radius 3 is 2.88 bits per heavy atom. The van der Waals surface area contributed by atoms with Crippen molar-refractivity contribution in [3.8, 4) is 0 Å². The number of aryl methyl sites for hydroxylation is 1. The summed E-state index contributed by atoms with van der Waals surface area (Å²) in [4.78, 5) is 4.68. The first-order valence-electron chi connectivity index (χ1n) is 6.45. The van der Waals surface area contributed by atoms with E-state index in [9.17, 15) is 0 Å². The van der Waals surface area contributed by atoms with Crippen molar-refractivity contribution in [3.63, 3.8) is 0 Å². The quantitative estimate of drug-likeness (QED) is 0.852. The third-order valence-electron chi connectivity index (χ3n) is 3.48. The Morgan fingerprint density at radius 1 is 1.24 bits per heavy atom. The third kappa shape index (κ3) is 2.44. The van der Waals surface area contributed by atoms with E-state index < -0.39 is 0 Å². The van der Waals surface area contributed by atoms with Crippen LogP contribution in [-0.2, 0) is 0 Å². The monoisotopic (exact) mass is 246 g/mol. The van der Waals surface area contributed by atoms with Crippen molar-refractivity contribution in [2.75, 3.05) is 5.32 Å². The lowest BCUT2D eigenvalue weighted by molar-refractivity contribution is 0.462. The van der Waals surface area contributed by atoms with E-state index in [0.717, 1.165) is 10.6 Å². The van der Waals surface area contributed by atoms with Crippen molar-refractivity contribution >= 4 is 26.7 Å². The van der Waals surface area contributed by atoms with Crippen molar-refractivity contribution in [1.29, 1.82) is 0 Å². The van der Waals surface area contributed by atoms with E-state index >= 15 is 0 Å².